The molecule has 0 spiro atoms. The van der Waals surface area contributed by atoms with E-state index in [0.717, 1.165) is 47.0 Å². The molecule has 7 nitrogen and oxygen atoms in total. The van der Waals surface area contributed by atoms with Crippen molar-refractivity contribution in [3.05, 3.63) is 76.8 Å². The monoisotopic (exact) mass is 449 g/mol. The third kappa shape index (κ3) is 4.22. The summed E-state index contributed by atoms with van der Waals surface area (Å²) in [6.07, 6.45) is 1.50. The highest BCUT2D eigenvalue weighted by Gasteiger charge is 2.36. The van der Waals surface area contributed by atoms with Crippen LogP contribution in [0.2, 0.25) is 5.02 Å². The maximum absolute atomic E-state index is 7.76. The van der Waals surface area contributed by atoms with Crippen molar-refractivity contribution < 1.29 is 9.57 Å². The van der Waals surface area contributed by atoms with Gasteiger partial charge in [0.2, 0.25) is 0 Å². The summed E-state index contributed by atoms with van der Waals surface area (Å²) in [5, 5.41) is 10.6. The van der Waals surface area contributed by atoms with E-state index in [0.29, 0.717) is 17.5 Å². The second-order valence-corrected chi connectivity index (χ2v) is 8.45. The summed E-state index contributed by atoms with van der Waals surface area (Å²) in [5.74, 6) is 1.57. The first-order valence-corrected chi connectivity index (χ1v) is 11.0. The zero-order chi connectivity index (χ0) is 22.1. The van der Waals surface area contributed by atoms with Crippen molar-refractivity contribution in [2.75, 3.05) is 6.54 Å². The Kier molecular flexibility index (Phi) is 5.59. The number of nitrogens with one attached hydrogen (secondary N) is 2. The van der Waals surface area contributed by atoms with Crippen molar-refractivity contribution in [2.45, 2.75) is 31.7 Å². The number of guanidine groups is 1. The summed E-state index contributed by atoms with van der Waals surface area (Å²) in [4.78, 5) is 12.3. The molecule has 2 heterocycles. The molecule has 3 aromatic rings. The van der Waals surface area contributed by atoms with Crippen molar-refractivity contribution in [1.82, 2.24) is 10.4 Å². The van der Waals surface area contributed by atoms with Crippen LogP contribution in [0.5, 0.6) is 5.75 Å². The predicted molar refractivity (Wildman–Crippen MR) is 126 cm³/mol. The number of nitrogens with zero attached hydrogens (tertiary/aromatic N) is 2. The van der Waals surface area contributed by atoms with Crippen LogP contribution in [0.25, 0.3) is 10.8 Å². The van der Waals surface area contributed by atoms with Crippen molar-refractivity contribution >= 4 is 34.2 Å². The summed E-state index contributed by atoms with van der Waals surface area (Å²) in [6.45, 7) is 1.25. The van der Waals surface area contributed by atoms with E-state index in [1.54, 1.807) is 0 Å². The summed E-state index contributed by atoms with van der Waals surface area (Å²) in [7, 11) is 0. The maximum atomic E-state index is 7.76. The first-order valence-electron chi connectivity index (χ1n) is 10.6. The number of benzene rings is 3. The molecule has 1 fully saturated rings. The smallest absolute Gasteiger partial charge is 0.197 e. The highest BCUT2D eigenvalue weighted by molar-refractivity contribution is 6.30. The second-order valence-electron chi connectivity index (χ2n) is 8.02. The second kappa shape index (κ2) is 8.68. The van der Waals surface area contributed by atoms with E-state index < -0.39 is 0 Å². The molecule has 1 saturated heterocycles. The molecule has 4 N–H and O–H groups in total. The van der Waals surface area contributed by atoms with Crippen LogP contribution in [0.15, 0.2) is 65.7 Å². The molecule has 0 radical (unpaired) electrons. The van der Waals surface area contributed by atoms with Crippen molar-refractivity contribution in [1.29, 1.82) is 5.41 Å². The van der Waals surface area contributed by atoms with Crippen LogP contribution >= 0.6 is 11.6 Å². The fraction of sp³-hybridized carbons (Fsp3) is 0.250. The van der Waals surface area contributed by atoms with Gasteiger partial charge in [-0.25, -0.2) is 15.3 Å². The Balaban J connectivity index is 1.30. The number of ether oxygens (including phenoxy) is 1. The number of likely N-dealkylation sites (tertiary alicyclic amines) is 1. The normalized spacial score (nSPS) is 20.3. The van der Waals surface area contributed by atoms with Crippen LogP contribution in [-0.2, 0) is 11.4 Å². The van der Waals surface area contributed by atoms with Gasteiger partial charge in [-0.3, -0.25) is 5.41 Å². The number of amidine groups is 1. The molecule has 5 rings (SSSR count). The third-order valence-electron chi connectivity index (χ3n) is 5.87. The molecule has 0 aromatic heterocycles. The number of hydrogen-bond donors (Lipinski definition) is 3. The van der Waals surface area contributed by atoms with Crippen LogP contribution in [0.1, 0.15) is 24.0 Å². The first-order chi connectivity index (χ1) is 15.6. The molecule has 164 valence electrons. The average Bonchev–Trinajstić information content (AvgIpc) is 3.48. The molecule has 3 aromatic carbocycles. The highest BCUT2D eigenvalue weighted by Crippen LogP contribution is 2.27. The standard InChI is InChI=1S/C24H24ClN5O2/c25-19-8-3-15(4-9-19)14-31-20-10-7-16-12-18(6-5-17(16)13-20)22-28-23(32-29-22)21-2-1-11-30(21)24(26)27/h3-10,12-13,21,23H,1-2,11,14H2,(H3,26,27)(H,28,29)/t21-,23?/m0/s1. The van der Waals surface area contributed by atoms with Gasteiger partial charge in [0.25, 0.3) is 0 Å². The third-order valence-corrected chi connectivity index (χ3v) is 6.13. The van der Waals surface area contributed by atoms with E-state index in [1.165, 1.54) is 0 Å². The number of nitrogens with two attached hydrogens (primary N) is 1. The molecule has 32 heavy (non-hydrogen) atoms. The van der Waals surface area contributed by atoms with Gasteiger partial charge in [0, 0.05) is 17.1 Å². The summed E-state index contributed by atoms with van der Waals surface area (Å²) in [6, 6.07) is 19.8. The molecule has 2 aliphatic heterocycles. The van der Waals surface area contributed by atoms with Gasteiger partial charge in [-0.1, -0.05) is 41.9 Å². The molecule has 0 aliphatic carbocycles. The SMILES string of the molecule is N=C(N)N1CCC[C@H]1C1N=C(c2ccc3cc(OCc4ccc(Cl)cc4)ccc3c2)NO1. The van der Waals surface area contributed by atoms with Gasteiger partial charge < -0.3 is 15.4 Å². The lowest BCUT2D eigenvalue weighted by Gasteiger charge is -2.26. The van der Waals surface area contributed by atoms with E-state index in [-0.39, 0.29) is 18.2 Å². The lowest BCUT2D eigenvalue weighted by molar-refractivity contribution is 0.00198. The number of aliphatic imine (C=N–C) groups is 1. The van der Waals surface area contributed by atoms with E-state index in [9.17, 15) is 0 Å². The molecule has 1 unspecified atom stereocenters. The minimum Gasteiger partial charge on any atom is -0.489 e. The number of fused-ring (bicyclic) bond motifs is 1. The van der Waals surface area contributed by atoms with E-state index in [2.05, 4.69) is 17.6 Å². The van der Waals surface area contributed by atoms with Gasteiger partial charge in [0.05, 0.1) is 6.04 Å². The summed E-state index contributed by atoms with van der Waals surface area (Å²) in [5.41, 5.74) is 10.7. The van der Waals surface area contributed by atoms with Crippen molar-refractivity contribution in [3.8, 4) is 5.75 Å². The average molecular weight is 450 g/mol. The predicted octanol–water partition coefficient (Wildman–Crippen LogP) is 4.04. The number of halogens is 1. The molecule has 2 aliphatic rings. The molecular weight excluding hydrogens is 426 g/mol. The maximum Gasteiger partial charge on any atom is 0.197 e. The number of hydroxylamine groups is 1. The van der Waals surface area contributed by atoms with Crippen LogP contribution in [-0.4, -0.2) is 35.5 Å². The lowest BCUT2D eigenvalue weighted by atomic mass is 10.1. The Morgan fingerprint density at radius 3 is 2.75 bits per heavy atom. The van der Waals surface area contributed by atoms with Gasteiger partial charge in [-0.05, 0) is 59.5 Å². The van der Waals surface area contributed by atoms with E-state index in [4.69, 9.17) is 37.3 Å². The lowest BCUT2D eigenvalue weighted by Crippen LogP contribution is -2.45. The molecule has 8 heteroatoms. The Hall–Kier alpha value is -3.29. The van der Waals surface area contributed by atoms with Crippen LogP contribution in [0.3, 0.4) is 0 Å². The Labute approximate surface area is 191 Å². The summed E-state index contributed by atoms with van der Waals surface area (Å²) >= 11 is 5.94. The zero-order valence-electron chi connectivity index (χ0n) is 17.4. The van der Waals surface area contributed by atoms with E-state index >= 15 is 0 Å². The van der Waals surface area contributed by atoms with Gasteiger partial charge in [-0.2, -0.15) is 0 Å². The zero-order valence-corrected chi connectivity index (χ0v) is 18.2. The minimum atomic E-state index is -0.379. The van der Waals surface area contributed by atoms with Crippen molar-refractivity contribution in [3.63, 3.8) is 0 Å². The van der Waals surface area contributed by atoms with Gasteiger partial charge >= 0.3 is 0 Å². The van der Waals surface area contributed by atoms with Crippen LogP contribution in [0.4, 0.5) is 0 Å². The largest absolute Gasteiger partial charge is 0.489 e. The molecule has 0 amide bonds. The number of rotatable bonds is 5. The number of hydrogen-bond acceptors (Lipinski definition) is 5. The minimum absolute atomic E-state index is 0.0155. The molecule has 0 bridgehead atoms. The summed E-state index contributed by atoms with van der Waals surface area (Å²) < 4.78 is 5.94. The fourth-order valence-electron chi connectivity index (χ4n) is 4.19. The molecular formula is C24H24ClN5O2. The Bertz CT molecular complexity index is 1180. The van der Waals surface area contributed by atoms with Gasteiger partial charge in [-0.15, -0.1) is 0 Å². The first kappa shape index (κ1) is 20.6. The van der Waals surface area contributed by atoms with Gasteiger partial charge in [0.15, 0.2) is 18.0 Å². The van der Waals surface area contributed by atoms with E-state index in [1.807, 2.05) is 53.4 Å². The topological polar surface area (TPSA) is 96.0 Å². The van der Waals surface area contributed by atoms with Crippen molar-refractivity contribution in [2.24, 2.45) is 10.7 Å². The van der Waals surface area contributed by atoms with Crippen LogP contribution in [0, 0.1) is 5.41 Å². The fourth-order valence-corrected chi connectivity index (χ4v) is 4.32. The Morgan fingerprint density at radius 1 is 1.16 bits per heavy atom. The van der Waals surface area contributed by atoms with Gasteiger partial charge in [0.1, 0.15) is 12.4 Å². The quantitative estimate of drug-likeness (QED) is 0.403. The molecule has 0 saturated carbocycles. The van der Waals surface area contributed by atoms with Crippen LogP contribution < -0.4 is 16.0 Å². The Morgan fingerprint density at radius 2 is 1.94 bits per heavy atom. The highest BCUT2D eigenvalue weighted by atomic mass is 35.5. The molecule has 2 atom stereocenters.